The highest BCUT2D eigenvalue weighted by molar-refractivity contribution is 5.87. The molecule has 0 unspecified atom stereocenters. The fourth-order valence-electron chi connectivity index (χ4n) is 3.08. The zero-order chi connectivity index (χ0) is 17.4. The van der Waals surface area contributed by atoms with E-state index in [9.17, 15) is 9.59 Å². The van der Waals surface area contributed by atoms with E-state index in [1.807, 2.05) is 60.7 Å². The molecule has 0 aliphatic rings. The first-order valence-electron chi connectivity index (χ1n) is 8.02. The van der Waals surface area contributed by atoms with Gasteiger partial charge in [-0.25, -0.2) is 0 Å². The van der Waals surface area contributed by atoms with Crippen molar-refractivity contribution < 1.29 is 19.4 Å². The fraction of sp³-hybridized carbons (Fsp3) is 0.300. The Labute approximate surface area is 142 Å². The van der Waals surface area contributed by atoms with Gasteiger partial charge in [0.15, 0.2) is 0 Å². The molecule has 0 spiro atoms. The summed E-state index contributed by atoms with van der Waals surface area (Å²) in [7, 11) is 1.39. The number of carbonyl (C=O) groups excluding carboxylic acids is 1. The highest BCUT2D eigenvalue weighted by Crippen LogP contribution is 2.38. The second-order valence-electron chi connectivity index (χ2n) is 5.73. The van der Waals surface area contributed by atoms with Crippen LogP contribution < -0.4 is 0 Å². The van der Waals surface area contributed by atoms with Crippen molar-refractivity contribution in [3.63, 3.8) is 0 Å². The molecule has 4 nitrogen and oxygen atoms in total. The topological polar surface area (TPSA) is 63.6 Å². The van der Waals surface area contributed by atoms with Crippen molar-refractivity contribution in [2.75, 3.05) is 7.11 Å². The zero-order valence-corrected chi connectivity index (χ0v) is 13.8. The van der Waals surface area contributed by atoms with E-state index in [2.05, 4.69) is 0 Å². The number of hydrogen-bond acceptors (Lipinski definition) is 3. The van der Waals surface area contributed by atoms with Gasteiger partial charge >= 0.3 is 11.9 Å². The van der Waals surface area contributed by atoms with Crippen LogP contribution in [0.25, 0.3) is 0 Å². The summed E-state index contributed by atoms with van der Waals surface area (Å²) in [5.41, 5.74) is 0.798. The molecule has 2 aromatic carbocycles. The molecule has 2 rings (SSSR count). The van der Waals surface area contributed by atoms with Crippen LogP contribution in [0.4, 0.5) is 0 Å². The number of unbranched alkanes of at least 4 members (excludes halogenated alkanes) is 1. The Morgan fingerprint density at radius 2 is 1.42 bits per heavy atom. The van der Waals surface area contributed by atoms with Gasteiger partial charge in [-0.2, -0.15) is 0 Å². The molecule has 0 amide bonds. The number of carbonyl (C=O) groups is 2. The van der Waals surface area contributed by atoms with Crippen LogP contribution in [0.1, 0.15) is 36.8 Å². The number of hydrogen-bond donors (Lipinski definition) is 1. The van der Waals surface area contributed by atoms with E-state index in [1.165, 1.54) is 7.11 Å². The molecule has 0 aliphatic heterocycles. The summed E-state index contributed by atoms with van der Waals surface area (Å²) in [4.78, 5) is 23.6. The van der Waals surface area contributed by atoms with E-state index in [1.54, 1.807) is 0 Å². The normalized spacial score (nSPS) is 11.0. The minimum atomic E-state index is -0.921. The third-order valence-electron chi connectivity index (χ3n) is 4.26. The maximum absolute atomic E-state index is 12.8. The number of esters is 1. The van der Waals surface area contributed by atoms with Gasteiger partial charge in [-0.1, -0.05) is 67.1 Å². The van der Waals surface area contributed by atoms with Crippen LogP contribution in [0, 0.1) is 0 Å². The van der Waals surface area contributed by atoms with Crippen molar-refractivity contribution in [3.8, 4) is 0 Å². The van der Waals surface area contributed by atoms with Gasteiger partial charge in [0.2, 0.25) is 0 Å². The Bertz CT molecular complexity index is 625. The molecule has 0 heterocycles. The Kier molecular flexibility index (Phi) is 6.13. The molecular formula is C20H22O4. The molecule has 0 radical (unpaired) electrons. The number of methoxy groups -OCH3 is 1. The number of carboxylic acid groups (broad SMARTS) is 1. The van der Waals surface area contributed by atoms with Crippen molar-refractivity contribution in [3.05, 3.63) is 71.8 Å². The van der Waals surface area contributed by atoms with E-state index < -0.39 is 11.4 Å². The van der Waals surface area contributed by atoms with E-state index in [0.29, 0.717) is 19.3 Å². The van der Waals surface area contributed by atoms with Crippen molar-refractivity contribution >= 4 is 11.9 Å². The number of carboxylic acids is 1. The number of rotatable bonds is 8. The second kappa shape index (κ2) is 8.29. The maximum Gasteiger partial charge on any atom is 0.320 e. The van der Waals surface area contributed by atoms with E-state index in [0.717, 1.165) is 11.1 Å². The van der Waals surface area contributed by atoms with Crippen LogP contribution in [0.2, 0.25) is 0 Å². The van der Waals surface area contributed by atoms with Crippen molar-refractivity contribution in [2.24, 2.45) is 0 Å². The fourth-order valence-corrected chi connectivity index (χ4v) is 3.08. The highest BCUT2D eigenvalue weighted by Gasteiger charge is 2.42. The van der Waals surface area contributed by atoms with Gasteiger partial charge < -0.3 is 9.84 Å². The molecular weight excluding hydrogens is 304 g/mol. The van der Waals surface area contributed by atoms with Gasteiger partial charge in [-0.3, -0.25) is 9.59 Å². The van der Waals surface area contributed by atoms with Crippen molar-refractivity contribution in [2.45, 2.75) is 31.1 Å². The number of aliphatic carboxylic acids is 1. The monoisotopic (exact) mass is 326 g/mol. The van der Waals surface area contributed by atoms with Gasteiger partial charge in [-0.15, -0.1) is 0 Å². The minimum absolute atomic E-state index is 0.0980. The van der Waals surface area contributed by atoms with Crippen LogP contribution in [-0.4, -0.2) is 24.2 Å². The second-order valence-corrected chi connectivity index (χ2v) is 5.73. The summed E-state index contributed by atoms with van der Waals surface area (Å²) in [6, 6.07) is 19.1. The van der Waals surface area contributed by atoms with Crippen LogP contribution in [0.3, 0.4) is 0 Å². The first-order valence-corrected chi connectivity index (χ1v) is 8.02. The molecule has 0 bridgehead atoms. The summed E-state index contributed by atoms with van der Waals surface area (Å²) in [6.45, 7) is 0. The summed E-state index contributed by atoms with van der Waals surface area (Å²) in [6.07, 6.45) is 1.74. The van der Waals surface area contributed by atoms with E-state index in [-0.39, 0.29) is 12.4 Å². The summed E-state index contributed by atoms with van der Waals surface area (Å²) < 4.78 is 5.15. The zero-order valence-electron chi connectivity index (χ0n) is 13.8. The molecule has 0 fully saturated rings. The lowest BCUT2D eigenvalue weighted by Crippen LogP contribution is -2.38. The number of benzene rings is 2. The van der Waals surface area contributed by atoms with Gasteiger partial charge in [0.25, 0.3) is 0 Å². The van der Waals surface area contributed by atoms with Crippen LogP contribution >= 0.6 is 0 Å². The van der Waals surface area contributed by atoms with Crippen LogP contribution in [-0.2, 0) is 19.7 Å². The first-order chi connectivity index (χ1) is 11.6. The molecule has 4 heteroatoms. The highest BCUT2D eigenvalue weighted by atomic mass is 16.5. The summed E-state index contributed by atoms with van der Waals surface area (Å²) >= 11 is 0. The predicted octanol–water partition coefficient (Wildman–Crippen LogP) is 3.79. The van der Waals surface area contributed by atoms with Gasteiger partial charge in [0.1, 0.15) is 5.41 Å². The lowest BCUT2D eigenvalue weighted by Gasteiger charge is -2.32. The lowest BCUT2D eigenvalue weighted by molar-refractivity contribution is -0.146. The number of ether oxygens (including phenoxy) is 1. The van der Waals surface area contributed by atoms with Gasteiger partial charge in [0, 0.05) is 6.42 Å². The largest absolute Gasteiger partial charge is 0.481 e. The van der Waals surface area contributed by atoms with E-state index >= 15 is 0 Å². The first kappa shape index (κ1) is 17.7. The minimum Gasteiger partial charge on any atom is -0.481 e. The lowest BCUT2D eigenvalue weighted by atomic mass is 9.71. The molecule has 0 atom stereocenters. The van der Waals surface area contributed by atoms with Gasteiger partial charge in [0.05, 0.1) is 7.11 Å². The smallest absolute Gasteiger partial charge is 0.320 e. The Hall–Kier alpha value is -2.62. The van der Waals surface area contributed by atoms with Gasteiger partial charge in [-0.05, 0) is 24.0 Å². The molecule has 0 aliphatic carbocycles. The Balaban J connectivity index is 2.44. The standard InChI is InChI=1S/C20H22O4/c1-24-19(23)20(15-9-8-14-18(21)22,16-10-4-2-5-11-16)17-12-6-3-7-13-17/h2-7,10-13H,8-9,14-15H2,1H3,(H,21,22). The molecule has 2 aromatic rings. The molecule has 126 valence electrons. The summed E-state index contributed by atoms with van der Waals surface area (Å²) in [5, 5.41) is 8.84. The van der Waals surface area contributed by atoms with Crippen LogP contribution in [0.15, 0.2) is 60.7 Å². The molecule has 0 aromatic heterocycles. The average molecular weight is 326 g/mol. The Morgan fingerprint density at radius 1 is 0.917 bits per heavy atom. The molecule has 1 N–H and O–H groups in total. The molecule has 0 saturated carbocycles. The third kappa shape index (κ3) is 3.82. The molecule has 24 heavy (non-hydrogen) atoms. The van der Waals surface area contributed by atoms with Crippen molar-refractivity contribution in [1.29, 1.82) is 0 Å². The van der Waals surface area contributed by atoms with Crippen molar-refractivity contribution in [1.82, 2.24) is 0 Å². The summed E-state index contributed by atoms with van der Waals surface area (Å²) in [5.74, 6) is -1.15. The van der Waals surface area contributed by atoms with Crippen LogP contribution in [0.5, 0.6) is 0 Å². The molecule has 0 saturated heterocycles. The van der Waals surface area contributed by atoms with E-state index in [4.69, 9.17) is 9.84 Å². The third-order valence-corrected chi connectivity index (χ3v) is 4.26. The maximum atomic E-state index is 12.8. The quantitative estimate of drug-likeness (QED) is 0.592. The predicted molar refractivity (Wildman–Crippen MR) is 91.8 cm³/mol. The SMILES string of the molecule is COC(=O)C(CCCCC(=O)O)(c1ccccc1)c1ccccc1. The Morgan fingerprint density at radius 3 is 1.83 bits per heavy atom. The average Bonchev–Trinajstić information content (AvgIpc) is 2.63.